The van der Waals surface area contributed by atoms with Crippen LogP contribution in [-0.2, 0) is 22.7 Å². The minimum atomic E-state index is -0.568. The van der Waals surface area contributed by atoms with E-state index in [-0.39, 0.29) is 6.04 Å². The fourth-order valence-electron chi connectivity index (χ4n) is 2.48. The lowest BCUT2D eigenvalue weighted by molar-refractivity contribution is -0.147. The third-order valence-corrected chi connectivity index (χ3v) is 3.81. The molecule has 0 aliphatic heterocycles. The summed E-state index contributed by atoms with van der Waals surface area (Å²) in [4.78, 5) is 26.3. The number of carbonyl (C=O) groups excluding carboxylic acids is 2. The van der Waals surface area contributed by atoms with Crippen LogP contribution in [0.2, 0.25) is 0 Å². The van der Waals surface area contributed by atoms with Crippen molar-refractivity contribution < 1.29 is 9.59 Å². The van der Waals surface area contributed by atoms with Crippen LogP contribution >= 0.6 is 0 Å². The average Bonchev–Trinajstić information content (AvgIpc) is 2.57. The molecule has 0 bridgehead atoms. The molecule has 0 aromatic heterocycles. The number of hydrogen-bond donors (Lipinski definition) is 1. The van der Waals surface area contributed by atoms with E-state index in [1.54, 1.807) is 4.90 Å². The number of carbonyl (C=O) groups is 2. The van der Waals surface area contributed by atoms with E-state index in [0.717, 1.165) is 16.7 Å². The van der Waals surface area contributed by atoms with Gasteiger partial charge in [0.2, 0.25) is 0 Å². The summed E-state index contributed by atoms with van der Waals surface area (Å²) in [6, 6.07) is 17.5. The maximum Gasteiger partial charge on any atom is 0.312 e. The van der Waals surface area contributed by atoms with E-state index in [4.69, 9.17) is 0 Å². The average molecular weight is 324 g/mol. The van der Waals surface area contributed by atoms with Crippen LogP contribution < -0.4 is 5.32 Å². The Balaban J connectivity index is 1.99. The summed E-state index contributed by atoms with van der Waals surface area (Å²) in [5.41, 5.74) is 3.11. The highest BCUT2D eigenvalue weighted by Gasteiger charge is 2.24. The quantitative estimate of drug-likeness (QED) is 0.860. The number of amides is 2. The summed E-state index contributed by atoms with van der Waals surface area (Å²) in [6.07, 6.45) is 0. The molecule has 0 atom stereocenters. The molecule has 0 heterocycles. The number of aryl methyl sites for hydroxylation is 1. The van der Waals surface area contributed by atoms with Crippen LogP contribution in [-0.4, -0.2) is 22.8 Å². The molecular weight excluding hydrogens is 300 g/mol. The van der Waals surface area contributed by atoms with Crippen LogP contribution in [0.15, 0.2) is 54.6 Å². The van der Waals surface area contributed by atoms with Crippen molar-refractivity contribution in [2.45, 2.75) is 39.9 Å². The van der Waals surface area contributed by atoms with Crippen molar-refractivity contribution in [3.63, 3.8) is 0 Å². The Hall–Kier alpha value is -2.62. The van der Waals surface area contributed by atoms with Gasteiger partial charge in [-0.25, -0.2) is 0 Å². The molecule has 1 N–H and O–H groups in total. The van der Waals surface area contributed by atoms with Gasteiger partial charge in [0.1, 0.15) is 0 Å². The molecule has 0 unspecified atom stereocenters. The van der Waals surface area contributed by atoms with Crippen LogP contribution in [0.25, 0.3) is 0 Å². The zero-order valence-corrected chi connectivity index (χ0v) is 14.5. The van der Waals surface area contributed by atoms with Gasteiger partial charge in [0.15, 0.2) is 0 Å². The SMILES string of the molecule is Cc1cccc(CNC(=O)C(=O)N(Cc2ccccc2)C(C)C)c1. The van der Waals surface area contributed by atoms with Gasteiger partial charge in [0, 0.05) is 19.1 Å². The molecule has 4 heteroatoms. The second-order valence-electron chi connectivity index (χ2n) is 6.18. The van der Waals surface area contributed by atoms with Gasteiger partial charge in [0.25, 0.3) is 0 Å². The van der Waals surface area contributed by atoms with Crippen LogP contribution in [0.4, 0.5) is 0 Å². The van der Waals surface area contributed by atoms with Gasteiger partial charge in [-0.2, -0.15) is 0 Å². The van der Waals surface area contributed by atoms with Gasteiger partial charge in [-0.3, -0.25) is 9.59 Å². The standard InChI is InChI=1S/C20H24N2O2/c1-15(2)22(14-17-9-5-4-6-10-17)20(24)19(23)21-13-18-11-7-8-16(3)12-18/h4-12,15H,13-14H2,1-3H3,(H,21,23). The zero-order chi connectivity index (χ0) is 17.5. The second-order valence-corrected chi connectivity index (χ2v) is 6.18. The van der Waals surface area contributed by atoms with Gasteiger partial charge in [0.05, 0.1) is 0 Å². The van der Waals surface area contributed by atoms with Crippen LogP contribution in [0.5, 0.6) is 0 Å². The Morgan fingerprint density at radius 3 is 2.29 bits per heavy atom. The fraction of sp³-hybridized carbons (Fsp3) is 0.300. The zero-order valence-electron chi connectivity index (χ0n) is 14.5. The first kappa shape index (κ1) is 17.7. The van der Waals surface area contributed by atoms with Crippen molar-refractivity contribution in [3.05, 3.63) is 71.3 Å². The Morgan fingerprint density at radius 2 is 1.67 bits per heavy atom. The first-order valence-corrected chi connectivity index (χ1v) is 8.15. The first-order valence-electron chi connectivity index (χ1n) is 8.15. The van der Waals surface area contributed by atoms with Gasteiger partial charge in [-0.05, 0) is 31.9 Å². The van der Waals surface area contributed by atoms with E-state index >= 15 is 0 Å². The van der Waals surface area contributed by atoms with Crippen molar-refractivity contribution in [3.8, 4) is 0 Å². The molecule has 2 rings (SSSR count). The van der Waals surface area contributed by atoms with Crippen molar-refractivity contribution in [1.29, 1.82) is 0 Å². The Labute approximate surface area is 143 Å². The summed E-state index contributed by atoms with van der Waals surface area (Å²) < 4.78 is 0. The van der Waals surface area contributed by atoms with Crippen molar-refractivity contribution in [2.75, 3.05) is 0 Å². The third kappa shape index (κ3) is 4.95. The van der Waals surface area contributed by atoms with Gasteiger partial charge < -0.3 is 10.2 Å². The molecular formula is C20H24N2O2. The molecule has 24 heavy (non-hydrogen) atoms. The molecule has 2 aromatic carbocycles. The van der Waals surface area contributed by atoms with E-state index in [2.05, 4.69) is 5.32 Å². The smallest absolute Gasteiger partial charge is 0.312 e. The molecule has 0 radical (unpaired) electrons. The molecule has 0 fully saturated rings. The van der Waals surface area contributed by atoms with E-state index in [0.29, 0.717) is 13.1 Å². The molecule has 0 aliphatic rings. The van der Waals surface area contributed by atoms with Crippen molar-refractivity contribution in [1.82, 2.24) is 10.2 Å². The molecule has 2 aromatic rings. The maximum absolute atomic E-state index is 12.5. The summed E-state index contributed by atoms with van der Waals surface area (Å²) in [6.45, 7) is 6.60. The monoisotopic (exact) mass is 324 g/mol. The number of rotatable bonds is 5. The summed E-state index contributed by atoms with van der Waals surface area (Å²) in [7, 11) is 0. The lowest BCUT2D eigenvalue weighted by Crippen LogP contribution is -2.45. The highest BCUT2D eigenvalue weighted by atomic mass is 16.2. The third-order valence-electron chi connectivity index (χ3n) is 3.81. The molecule has 0 aliphatic carbocycles. The predicted octanol–water partition coefficient (Wildman–Crippen LogP) is 3.05. The van der Waals surface area contributed by atoms with Crippen LogP contribution in [0.3, 0.4) is 0 Å². The Kier molecular flexibility index (Phi) is 6.13. The molecule has 0 spiro atoms. The fourth-order valence-corrected chi connectivity index (χ4v) is 2.48. The predicted molar refractivity (Wildman–Crippen MR) is 95.2 cm³/mol. The van der Waals surface area contributed by atoms with E-state index in [1.807, 2.05) is 75.4 Å². The van der Waals surface area contributed by atoms with Crippen LogP contribution in [0, 0.1) is 6.92 Å². The highest BCUT2D eigenvalue weighted by molar-refractivity contribution is 6.35. The van der Waals surface area contributed by atoms with Crippen molar-refractivity contribution in [2.24, 2.45) is 0 Å². The normalized spacial score (nSPS) is 10.5. The van der Waals surface area contributed by atoms with Gasteiger partial charge >= 0.3 is 11.8 Å². The summed E-state index contributed by atoms with van der Waals surface area (Å²) >= 11 is 0. The van der Waals surface area contributed by atoms with E-state index in [1.165, 1.54) is 0 Å². The summed E-state index contributed by atoms with van der Waals surface area (Å²) in [5, 5.41) is 2.72. The number of nitrogens with one attached hydrogen (secondary N) is 1. The molecule has 4 nitrogen and oxygen atoms in total. The maximum atomic E-state index is 12.5. The van der Waals surface area contributed by atoms with Gasteiger partial charge in [-0.1, -0.05) is 60.2 Å². The Bertz CT molecular complexity index is 696. The Morgan fingerprint density at radius 1 is 1.00 bits per heavy atom. The topological polar surface area (TPSA) is 49.4 Å². The lowest BCUT2D eigenvalue weighted by atomic mass is 10.1. The highest BCUT2D eigenvalue weighted by Crippen LogP contribution is 2.09. The molecule has 0 saturated carbocycles. The van der Waals surface area contributed by atoms with E-state index < -0.39 is 11.8 Å². The number of nitrogens with zero attached hydrogens (tertiary/aromatic N) is 1. The second kappa shape index (κ2) is 8.29. The number of benzene rings is 2. The van der Waals surface area contributed by atoms with Crippen LogP contribution in [0.1, 0.15) is 30.5 Å². The summed E-state index contributed by atoms with van der Waals surface area (Å²) in [5.74, 6) is -1.07. The van der Waals surface area contributed by atoms with Crippen molar-refractivity contribution >= 4 is 11.8 Å². The minimum absolute atomic E-state index is 0.0533. The lowest BCUT2D eigenvalue weighted by Gasteiger charge is -2.26. The first-order chi connectivity index (χ1) is 11.5. The largest absolute Gasteiger partial charge is 0.344 e. The minimum Gasteiger partial charge on any atom is -0.344 e. The molecule has 2 amide bonds. The number of hydrogen-bond acceptors (Lipinski definition) is 2. The van der Waals surface area contributed by atoms with Gasteiger partial charge in [-0.15, -0.1) is 0 Å². The molecule has 0 saturated heterocycles. The van der Waals surface area contributed by atoms with E-state index in [9.17, 15) is 9.59 Å². The molecule has 126 valence electrons.